The van der Waals surface area contributed by atoms with Crippen LogP contribution >= 0.6 is 0 Å². The van der Waals surface area contributed by atoms with Crippen molar-refractivity contribution in [2.24, 2.45) is 23.7 Å². The van der Waals surface area contributed by atoms with E-state index in [4.69, 9.17) is 4.74 Å². The van der Waals surface area contributed by atoms with Gasteiger partial charge in [0.25, 0.3) is 0 Å². The highest BCUT2D eigenvalue weighted by atomic mass is 16.5. The van der Waals surface area contributed by atoms with E-state index in [-0.39, 0.29) is 5.97 Å². The van der Waals surface area contributed by atoms with Crippen LogP contribution in [0.4, 0.5) is 0 Å². The minimum Gasteiger partial charge on any atom is -0.481 e. The number of rotatable bonds is 8. The Morgan fingerprint density at radius 1 is 1.10 bits per heavy atom. The predicted molar refractivity (Wildman–Crippen MR) is 81.9 cm³/mol. The Balaban J connectivity index is 2.33. The van der Waals surface area contributed by atoms with E-state index in [1.165, 1.54) is 6.42 Å². The molecule has 0 radical (unpaired) electrons. The zero-order valence-corrected chi connectivity index (χ0v) is 13.6. The highest BCUT2D eigenvalue weighted by Gasteiger charge is 2.36. The van der Waals surface area contributed by atoms with Crippen molar-refractivity contribution >= 4 is 11.9 Å². The first-order valence-corrected chi connectivity index (χ1v) is 8.31. The standard InChI is InChI=1S/C17H30O4/c1-12(2)7-6-8-13(3)11-21-17(20)15-10-5-4-9-14(15)16(18)19/h12-15H,4-11H2,1-3H3,(H,18,19). The lowest BCUT2D eigenvalue weighted by Crippen LogP contribution is -2.34. The maximum absolute atomic E-state index is 12.1. The van der Waals surface area contributed by atoms with Crippen molar-refractivity contribution < 1.29 is 19.4 Å². The van der Waals surface area contributed by atoms with Crippen LogP contribution in [-0.2, 0) is 14.3 Å². The molecule has 1 saturated carbocycles. The van der Waals surface area contributed by atoms with Crippen molar-refractivity contribution in [3.05, 3.63) is 0 Å². The van der Waals surface area contributed by atoms with Crippen molar-refractivity contribution in [3.63, 3.8) is 0 Å². The second kappa shape index (κ2) is 9.06. The molecule has 0 aromatic carbocycles. The molecular weight excluding hydrogens is 268 g/mol. The molecule has 1 fully saturated rings. The normalized spacial score (nSPS) is 23.8. The molecule has 0 amide bonds. The molecule has 1 aliphatic rings. The molecule has 0 spiro atoms. The van der Waals surface area contributed by atoms with Gasteiger partial charge in [-0.25, -0.2) is 0 Å². The molecule has 0 aromatic rings. The summed E-state index contributed by atoms with van der Waals surface area (Å²) in [5.41, 5.74) is 0. The molecule has 21 heavy (non-hydrogen) atoms. The van der Waals surface area contributed by atoms with Gasteiger partial charge in [-0.15, -0.1) is 0 Å². The Morgan fingerprint density at radius 3 is 2.29 bits per heavy atom. The number of carboxylic acids is 1. The number of ether oxygens (including phenoxy) is 1. The first-order valence-electron chi connectivity index (χ1n) is 8.31. The summed E-state index contributed by atoms with van der Waals surface area (Å²) in [7, 11) is 0. The van der Waals surface area contributed by atoms with Crippen LogP contribution in [0.25, 0.3) is 0 Å². The Morgan fingerprint density at radius 2 is 1.71 bits per heavy atom. The van der Waals surface area contributed by atoms with E-state index in [1.807, 2.05) is 0 Å². The van der Waals surface area contributed by atoms with Gasteiger partial charge in [0, 0.05) is 0 Å². The summed E-state index contributed by atoms with van der Waals surface area (Å²) in [6, 6.07) is 0. The summed E-state index contributed by atoms with van der Waals surface area (Å²) >= 11 is 0. The number of esters is 1. The van der Waals surface area contributed by atoms with Crippen LogP contribution in [0.5, 0.6) is 0 Å². The van der Waals surface area contributed by atoms with Gasteiger partial charge in [-0.1, -0.05) is 46.5 Å². The summed E-state index contributed by atoms with van der Waals surface area (Å²) in [6.07, 6.45) is 6.47. The Labute approximate surface area is 128 Å². The Bertz CT molecular complexity index is 338. The first kappa shape index (κ1) is 18.0. The summed E-state index contributed by atoms with van der Waals surface area (Å²) in [4.78, 5) is 23.3. The number of carbonyl (C=O) groups excluding carboxylic acids is 1. The molecule has 1 aliphatic carbocycles. The van der Waals surface area contributed by atoms with Crippen LogP contribution in [0.1, 0.15) is 65.7 Å². The van der Waals surface area contributed by atoms with Crippen molar-refractivity contribution in [2.75, 3.05) is 6.61 Å². The van der Waals surface area contributed by atoms with Gasteiger partial charge in [-0.3, -0.25) is 9.59 Å². The summed E-state index contributed by atoms with van der Waals surface area (Å²) in [5.74, 6) is -1.11. The summed E-state index contributed by atoms with van der Waals surface area (Å²) in [6.45, 7) is 6.92. The molecule has 1 rings (SSSR count). The van der Waals surface area contributed by atoms with Crippen LogP contribution in [0.15, 0.2) is 0 Å². The van der Waals surface area contributed by atoms with Crippen molar-refractivity contribution in [2.45, 2.75) is 65.7 Å². The molecule has 3 unspecified atom stereocenters. The topological polar surface area (TPSA) is 63.6 Å². The number of aliphatic carboxylic acids is 1. The molecule has 0 aliphatic heterocycles. The van der Waals surface area contributed by atoms with E-state index in [0.29, 0.717) is 31.3 Å². The molecule has 0 aromatic heterocycles. The van der Waals surface area contributed by atoms with Crippen LogP contribution in [0.2, 0.25) is 0 Å². The fraction of sp³-hybridized carbons (Fsp3) is 0.882. The lowest BCUT2D eigenvalue weighted by Gasteiger charge is -2.27. The van der Waals surface area contributed by atoms with E-state index in [0.717, 1.165) is 25.7 Å². The minimum absolute atomic E-state index is 0.308. The van der Waals surface area contributed by atoms with Gasteiger partial charge >= 0.3 is 11.9 Å². The van der Waals surface area contributed by atoms with E-state index in [2.05, 4.69) is 20.8 Å². The van der Waals surface area contributed by atoms with Crippen molar-refractivity contribution in [3.8, 4) is 0 Å². The van der Waals surface area contributed by atoms with Gasteiger partial charge in [0.2, 0.25) is 0 Å². The predicted octanol–water partition coefficient (Wildman–Crippen LogP) is 3.88. The maximum Gasteiger partial charge on any atom is 0.309 e. The van der Waals surface area contributed by atoms with E-state index >= 15 is 0 Å². The number of hydrogen-bond donors (Lipinski definition) is 1. The molecule has 0 bridgehead atoms. The number of carboxylic acid groups (broad SMARTS) is 1. The first-order chi connectivity index (χ1) is 9.91. The van der Waals surface area contributed by atoms with Crippen molar-refractivity contribution in [1.82, 2.24) is 0 Å². The van der Waals surface area contributed by atoms with Crippen LogP contribution in [0.3, 0.4) is 0 Å². The highest BCUT2D eigenvalue weighted by Crippen LogP contribution is 2.31. The second-order valence-corrected chi connectivity index (χ2v) is 6.90. The van der Waals surface area contributed by atoms with Gasteiger partial charge in [0.1, 0.15) is 0 Å². The van der Waals surface area contributed by atoms with Gasteiger partial charge in [0.05, 0.1) is 18.4 Å². The van der Waals surface area contributed by atoms with E-state index in [1.54, 1.807) is 0 Å². The monoisotopic (exact) mass is 298 g/mol. The SMILES string of the molecule is CC(C)CCCC(C)COC(=O)C1CCCCC1C(=O)O. The summed E-state index contributed by atoms with van der Waals surface area (Å²) in [5, 5.41) is 9.20. The van der Waals surface area contributed by atoms with Crippen LogP contribution in [-0.4, -0.2) is 23.7 Å². The average Bonchev–Trinajstić information content (AvgIpc) is 2.44. The van der Waals surface area contributed by atoms with Gasteiger partial charge in [-0.05, 0) is 31.1 Å². The van der Waals surface area contributed by atoms with Gasteiger partial charge < -0.3 is 9.84 Å². The fourth-order valence-electron chi connectivity index (χ4n) is 3.00. The third-order valence-electron chi connectivity index (χ3n) is 4.37. The zero-order valence-electron chi connectivity index (χ0n) is 13.6. The molecular formula is C17H30O4. The lowest BCUT2D eigenvalue weighted by atomic mass is 9.79. The van der Waals surface area contributed by atoms with Gasteiger partial charge in [0.15, 0.2) is 0 Å². The lowest BCUT2D eigenvalue weighted by molar-refractivity contribution is -0.160. The van der Waals surface area contributed by atoms with Gasteiger partial charge in [-0.2, -0.15) is 0 Å². The maximum atomic E-state index is 12.1. The molecule has 4 heteroatoms. The molecule has 3 atom stereocenters. The number of hydrogen-bond acceptors (Lipinski definition) is 3. The molecule has 1 N–H and O–H groups in total. The van der Waals surface area contributed by atoms with Crippen LogP contribution < -0.4 is 0 Å². The largest absolute Gasteiger partial charge is 0.481 e. The molecule has 0 heterocycles. The zero-order chi connectivity index (χ0) is 15.8. The molecule has 0 saturated heterocycles. The Hall–Kier alpha value is -1.06. The number of carbonyl (C=O) groups is 2. The summed E-state index contributed by atoms with van der Waals surface area (Å²) < 4.78 is 5.38. The third-order valence-corrected chi connectivity index (χ3v) is 4.37. The quantitative estimate of drug-likeness (QED) is 0.691. The molecule has 4 nitrogen and oxygen atoms in total. The second-order valence-electron chi connectivity index (χ2n) is 6.90. The smallest absolute Gasteiger partial charge is 0.309 e. The Kier molecular flexibility index (Phi) is 7.76. The average molecular weight is 298 g/mol. The third kappa shape index (κ3) is 6.49. The fourth-order valence-corrected chi connectivity index (χ4v) is 3.00. The van der Waals surface area contributed by atoms with E-state index in [9.17, 15) is 14.7 Å². The minimum atomic E-state index is -0.860. The highest BCUT2D eigenvalue weighted by molar-refractivity contribution is 5.81. The molecule has 122 valence electrons. The van der Waals surface area contributed by atoms with E-state index < -0.39 is 17.8 Å². The van der Waals surface area contributed by atoms with Crippen LogP contribution in [0, 0.1) is 23.7 Å². The van der Waals surface area contributed by atoms with Crippen molar-refractivity contribution in [1.29, 1.82) is 0 Å².